The Bertz CT molecular complexity index is 1040. The molecule has 3 aromatic rings. The number of hydrogen-bond acceptors (Lipinski definition) is 8. The summed E-state index contributed by atoms with van der Waals surface area (Å²) in [5, 5.41) is 8.30. The smallest absolute Gasteiger partial charge is 0.232 e. The summed E-state index contributed by atoms with van der Waals surface area (Å²) in [6, 6.07) is 1.16. The van der Waals surface area contributed by atoms with Crippen molar-refractivity contribution in [3.05, 3.63) is 22.8 Å². The van der Waals surface area contributed by atoms with E-state index in [-0.39, 0.29) is 0 Å². The molecule has 0 atom stereocenters. The molecule has 1 saturated heterocycles. The van der Waals surface area contributed by atoms with Crippen LogP contribution in [0.15, 0.2) is 12.4 Å². The lowest BCUT2D eigenvalue weighted by atomic mass is 9.90. The highest BCUT2D eigenvalue weighted by Gasteiger charge is 2.29. The molecule has 9 heteroatoms. The third-order valence-corrected chi connectivity index (χ3v) is 8.08. The molecule has 2 fully saturated rings. The number of hydrogen-bond donors (Lipinski definition) is 3. The zero-order chi connectivity index (χ0) is 20.6. The second-order valence-electron chi connectivity index (χ2n) is 8.79. The van der Waals surface area contributed by atoms with Gasteiger partial charge in [-0.05, 0) is 50.5 Å². The van der Waals surface area contributed by atoms with Crippen LogP contribution in [-0.4, -0.2) is 63.2 Å². The Morgan fingerprint density at radius 2 is 1.97 bits per heavy atom. The molecule has 1 saturated carbocycles. The van der Waals surface area contributed by atoms with Crippen molar-refractivity contribution in [1.29, 1.82) is 0 Å². The standard InChI is InChI=1S/C22H29N7OS/c1-2-16-17(3-1)31-20-18(16)19(26-22(27-20)28-21-23-8-9-24-21)25-14-4-6-15(7-5-14)29-10-12-30-13-11-29/h8-9,14-15H,1-7,10-13H2,(H3,23,24,25,26,27,28)/t14-,15-. The van der Waals surface area contributed by atoms with Gasteiger partial charge in [0.1, 0.15) is 10.6 Å². The van der Waals surface area contributed by atoms with Crippen molar-refractivity contribution in [3.63, 3.8) is 0 Å². The minimum atomic E-state index is 0.462. The fourth-order valence-corrected chi connectivity index (χ4v) is 6.58. The van der Waals surface area contributed by atoms with Gasteiger partial charge in [0.2, 0.25) is 11.9 Å². The molecule has 3 N–H and O–H groups in total. The van der Waals surface area contributed by atoms with Crippen LogP contribution in [-0.2, 0) is 17.6 Å². The lowest BCUT2D eigenvalue weighted by Crippen LogP contribution is -2.46. The molecule has 1 aliphatic heterocycles. The van der Waals surface area contributed by atoms with Crippen molar-refractivity contribution in [3.8, 4) is 0 Å². The van der Waals surface area contributed by atoms with Crippen LogP contribution < -0.4 is 10.6 Å². The third-order valence-electron chi connectivity index (χ3n) is 6.89. The van der Waals surface area contributed by atoms with E-state index in [0.717, 1.165) is 43.4 Å². The highest BCUT2D eigenvalue weighted by atomic mass is 32.1. The fourth-order valence-electron chi connectivity index (χ4n) is 5.32. The predicted octanol–water partition coefficient (Wildman–Crippen LogP) is 3.70. The largest absolute Gasteiger partial charge is 0.379 e. The molecular weight excluding hydrogens is 410 g/mol. The molecule has 0 aromatic carbocycles. The van der Waals surface area contributed by atoms with E-state index in [0.29, 0.717) is 24.0 Å². The Morgan fingerprint density at radius 1 is 1.10 bits per heavy atom. The summed E-state index contributed by atoms with van der Waals surface area (Å²) < 4.78 is 5.53. The quantitative estimate of drug-likeness (QED) is 0.558. The maximum absolute atomic E-state index is 5.53. The molecule has 0 bridgehead atoms. The van der Waals surface area contributed by atoms with Crippen LogP contribution in [0.3, 0.4) is 0 Å². The van der Waals surface area contributed by atoms with Gasteiger partial charge in [0.15, 0.2) is 0 Å². The van der Waals surface area contributed by atoms with Gasteiger partial charge in [-0.3, -0.25) is 10.2 Å². The summed E-state index contributed by atoms with van der Waals surface area (Å²) >= 11 is 1.83. The van der Waals surface area contributed by atoms with E-state index in [1.54, 1.807) is 12.4 Å². The van der Waals surface area contributed by atoms with Crippen LogP contribution in [0, 0.1) is 0 Å². The first-order valence-electron chi connectivity index (χ1n) is 11.5. The Kier molecular flexibility index (Phi) is 5.25. The molecule has 3 aliphatic rings. The van der Waals surface area contributed by atoms with Crippen molar-refractivity contribution < 1.29 is 4.74 Å². The van der Waals surface area contributed by atoms with Gasteiger partial charge in [-0.2, -0.15) is 4.98 Å². The molecule has 0 unspecified atom stereocenters. The number of thiophene rings is 1. The molecule has 8 nitrogen and oxygen atoms in total. The van der Waals surface area contributed by atoms with Crippen molar-refractivity contribution >= 4 is 39.3 Å². The van der Waals surface area contributed by atoms with Gasteiger partial charge in [-0.25, -0.2) is 9.97 Å². The van der Waals surface area contributed by atoms with Gasteiger partial charge in [-0.15, -0.1) is 11.3 Å². The average Bonchev–Trinajstić information content (AvgIpc) is 3.53. The summed E-state index contributed by atoms with van der Waals surface area (Å²) in [7, 11) is 0. The number of fused-ring (bicyclic) bond motifs is 3. The van der Waals surface area contributed by atoms with Crippen LogP contribution in [0.5, 0.6) is 0 Å². The van der Waals surface area contributed by atoms with Crippen LogP contribution in [0.2, 0.25) is 0 Å². The summed E-state index contributed by atoms with van der Waals surface area (Å²) in [6.45, 7) is 3.92. The molecule has 0 spiro atoms. The first-order chi connectivity index (χ1) is 15.3. The van der Waals surface area contributed by atoms with E-state index in [9.17, 15) is 0 Å². The molecule has 3 aromatic heterocycles. The number of rotatable bonds is 5. The maximum Gasteiger partial charge on any atom is 0.232 e. The van der Waals surface area contributed by atoms with Crippen LogP contribution in [0.1, 0.15) is 42.5 Å². The van der Waals surface area contributed by atoms with E-state index >= 15 is 0 Å². The van der Waals surface area contributed by atoms with Crippen molar-refractivity contribution in [2.24, 2.45) is 0 Å². The number of nitrogens with one attached hydrogen (secondary N) is 3. The second kappa shape index (κ2) is 8.37. The van der Waals surface area contributed by atoms with Gasteiger partial charge in [0.05, 0.1) is 18.6 Å². The van der Waals surface area contributed by atoms with Gasteiger partial charge in [-0.1, -0.05) is 0 Å². The molecule has 6 rings (SSSR count). The minimum absolute atomic E-state index is 0.462. The van der Waals surface area contributed by atoms with Crippen molar-refractivity contribution in [2.75, 3.05) is 36.9 Å². The third kappa shape index (κ3) is 3.90. The Morgan fingerprint density at radius 3 is 2.77 bits per heavy atom. The molecule has 2 aliphatic carbocycles. The fraction of sp³-hybridized carbons (Fsp3) is 0.591. The molecule has 0 radical (unpaired) electrons. The topological polar surface area (TPSA) is 91.0 Å². The lowest BCUT2D eigenvalue weighted by Gasteiger charge is -2.39. The van der Waals surface area contributed by atoms with Crippen molar-refractivity contribution in [2.45, 2.75) is 57.0 Å². The Hall–Kier alpha value is -2.23. The normalized spacial score (nSPS) is 24.4. The SMILES string of the molecule is c1c[nH]c(Nc2nc(N[C@H]3CC[C@H](N4CCOCC4)CC3)c3c4c(sc3n2)CCC4)n1. The number of aromatic nitrogens is 4. The van der Waals surface area contributed by atoms with Crippen LogP contribution >= 0.6 is 11.3 Å². The lowest BCUT2D eigenvalue weighted by molar-refractivity contribution is 0.00791. The van der Waals surface area contributed by atoms with E-state index in [1.807, 2.05) is 11.3 Å². The van der Waals surface area contributed by atoms with E-state index in [2.05, 4.69) is 25.5 Å². The number of anilines is 3. The number of nitrogens with zero attached hydrogens (tertiary/aromatic N) is 4. The summed E-state index contributed by atoms with van der Waals surface area (Å²) in [6.07, 6.45) is 11.9. The van der Waals surface area contributed by atoms with Gasteiger partial charge >= 0.3 is 0 Å². The number of imidazole rings is 1. The zero-order valence-electron chi connectivity index (χ0n) is 17.7. The highest BCUT2D eigenvalue weighted by molar-refractivity contribution is 7.19. The number of morpholine rings is 1. The zero-order valence-corrected chi connectivity index (χ0v) is 18.5. The summed E-state index contributed by atoms with van der Waals surface area (Å²) in [4.78, 5) is 22.3. The molecule has 164 valence electrons. The number of aryl methyl sites for hydroxylation is 2. The van der Waals surface area contributed by atoms with Crippen LogP contribution in [0.4, 0.5) is 17.7 Å². The number of aromatic amines is 1. The predicted molar refractivity (Wildman–Crippen MR) is 123 cm³/mol. The highest BCUT2D eigenvalue weighted by Crippen LogP contribution is 2.41. The molecule has 31 heavy (non-hydrogen) atoms. The van der Waals surface area contributed by atoms with Gasteiger partial charge in [0, 0.05) is 42.4 Å². The summed E-state index contributed by atoms with van der Waals surface area (Å²) in [5.74, 6) is 2.26. The Balaban J connectivity index is 1.23. The molecule has 4 heterocycles. The van der Waals surface area contributed by atoms with Gasteiger partial charge < -0.3 is 15.0 Å². The summed E-state index contributed by atoms with van der Waals surface area (Å²) in [5.41, 5.74) is 1.47. The molecule has 0 amide bonds. The first-order valence-corrected chi connectivity index (χ1v) is 12.3. The second-order valence-corrected chi connectivity index (χ2v) is 9.88. The van der Waals surface area contributed by atoms with E-state index in [1.165, 1.54) is 54.4 Å². The van der Waals surface area contributed by atoms with Crippen LogP contribution in [0.25, 0.3) is 10.2 Å². The number of H-pyrrole nitrogens is 1. The van der Waals surface area contributed by atoms with Crippen molar-refractivity contribution in [1.82, 2.24) is 24.8 Å². The minimum Gasteiger partial charge on any atom is -0.379 e. The monoisotopic (exact) mass is 439 g/mol. The van der Waals surface area contributed by atoms with E-state index < -0.39 is 0 Å². The first kappa shape index (κ1) is 19.5. The Labute approximate surface area is 185 Å². The maximum atomic E-state index is 5.53. The number of ether oxygens (including phenoxy) is 1. The molecular formula is C22H29N7OS. The van der Waals surface area contributed by atoms with E-state index in [4.69, 9.17) is 14.7 Å². The average molecular weight is 440 g/mol. The van der Waals surface area contributed by atoms with Gasteiger partial charge in [0.25, 0.3) is 0 Å².